The van der Waals surface area contributed by atoms with E-state index in [0.717, 1.165) is 12.8 Å². The molecular formula is C9H16O2. The first-order valence-corrected chi connectivity index (χ1v) is 4.27. The van der Waals surface area contributed by atoms with Crippen molar-refractivity contribution in [2.24, 2.45) is 17.3 Å². The number of aliphatic carboxylic acids is 1. The Labute approximate surface area is 67.6 Å². The predicted octanol–water partition coefficient (Wildman–Crippen LogP) is 2.14. The number of carboxylic acids is 1. The van der Waals surface area contributed by atoms with Crippen LogP contribution < -0.4 is 0 Å². The first kappa shape index (κ1) is 8.57. The summed E-state index contributed by atoms with van der Waals surface area (Å²) in [4.78, 5) is 10.6. The second-order valence-electron chi connectivity index (χ2n) is 3.84. The van der Waals surface area contributed by atoms with Crippen molar-refractivity contribution in [2.45, 2.75) is 33.6 Å². The van der Waals surface area contributed by atoms with Gasteiger partial charge >= 0.3 is 5.97 Å². The number of carbonyl (C=O) groups is 1. The highest BCUT2D eigenvalue weighted by Gasteiger charge is 2.58. The SMILES string of the molecule is CC[C@@]1(C(C)C)C[C@H]1C(=O)O. The van der Waals surface area contributed by atoms with E-state index in [4.69, 9.17) is 5.11 Å². The van der Waals surface area contributed by atoms with E-state index in [1.165, 1.54) is 0 Å². The van der Waals surface area contributed by atoms with Crippen LogP contribution in [0, 0.1) is 17.3 Å². The fourth-order valence-electron chi connectivity index (χ4n) is 2.09. The van der Waals surface area contributed by atoms with Crippen LogP contribution in [0.5, 0.6) is 0 Å². The van der Waals surface area contributed by atoms with E-state index in [-0.39, 0.29) is 11.3 Å². The predicted molar refractivity (Wildman–Crippen MR) is 43.3 cm³/mol. The summed E-state index contributed by atoms with van der Waals surface area (Å²) in [6, 6.07) is 0. The molecule has 1 N–H and O–H groups in total. The van der Waals surface area contributed by atoms with E-state index in [9.17, 15) is 4.79 Å². The molecule has 2 heteroatoms. The van der Waals surface area contributed by atoms with E-state index in [0.29, 0.717) is 5.92 Å². The van der Waals surface area contributed by atoms with Crippen LogP contribution in [0.15, 0.2) is 0 Å². The summed E-state index contributed by atoms with van der Waals surface area (Å²) in [6.45, 7) is 6.32. The molecule has 2 nitrogen and oxygen atoms in total. The largest absolute Gasteiger partial charge is 0.481 e. The quantitative estimate of drug-likeness (QED) is 0.679. The maximum Gasteiger partial charge on any atom is 0.307 e. The zero-order valence-electron chi connectivity index (χ0n) is 7.42. The summed E-state index contributed by atoms with van der Waals surface area (Å²) < 4.78 is 0. The van der Waals surface area contributed by atoms with Gasteiger partial charge in [-0.25, -0.2) is 0 Å². The first-order valence-electron chi connectivity index (χ1n) is 4.27. The second kappa shape index (κ2) is 2.50. The second-order valence-corrected chi connectivity index (χ2v) is 3.84. The van der Waals surface area contributed by atoms with E-state index in [2.05, 4.69) is 20.8 Å². The summed E-state index contributed by atoms with van der Waals surface area (Å²) in [6.07, 6.45) is 1.89. The summed E-state index contributed by atoms with van der Waals surface area (Å²) in [5.41, 5.74) is 0.131. The minimum Gasteiger partial charge on any atom is -0.481 e. The topological polar surface area (TPSA) is 37.3 Å². The van der Waals surface area contributed by atoms with Crippen molar-refractivity contribution in [1.82, 2.24) is 0 Å². The van der Waals surface area contributed by atoms with Crippen LogP contribution in [-0.2, 0) is 4.79 Å². The lowest BCUT2D eigenvalue weighted by molar-refractivity contribution is -0.139. The van der Waals surface area contributed by atoms with Crippen LogP contribution in [0.1, 0.15) is 33.6 Å². The van der Waals surface area contributed by atoms with Crippen molar-refractivity contribution in [1.29, 1.82) is 0 Å². The molecule has 64 valence electrons. The van der Waals surface area contributed by atoms with Crippen molar-refractivity contribution in [3.05, 3.63) is 0 Å². The molecule has 1 rings (SSSR count). The van der Waals surface area contributed by atoms with Gasteiger partial charge in [-0.1, -0.05) is 20.8 Å². The molecule has 1 aliphatic carbocycles. The molecule has 0 heterocycles. The fraction of sp³-hybridized carbons (Fsp3) is 0.889. The molecule has 0 aliphatic heterocycles. The molecular weight excluding hydrogens is 140 g/mol. The Bertz CT molecular complexity index is 174. The fourth-order valence-corrected chi connectivity index (χ4v) is 2.09. The lowest BCUT2D eigenvalue weighted by atomic mass is 9.87. The molecule has 0 spiro atoms. The maximum atomic E-state index is 10.6. The molecule has 0 aromatic heterocycles. The highest BCUT2D eigenvalue weighted by atomic mass is 16.4. The minimum absolute atomic E-state index is 0.0625. The summed E-state index contributed by atoms with van der Waals surface area (Å²) in [5, 5.41) is 8.77. The van der Waals surface area contributed by atoms with Crippen LogP contribution in [0.3, 0.4) is 0 Å². The maximum absolute atomic E-state index is 10.6. The standard InChI is InChI=1S/C9H16O2/c1-4-9(6(2)3)5-7(9)8(10)11/h6-7H,4-5H2,1-3H3,(H,10,11)/t7-,9-/m0/s1. The van der Waals surface area contributed by atoms with Gasteiger partial charge in [-0.15, -0.1) is 0 Å². The zero-order valence-corrected chi connectivity index (χ0v) is 7.42. The van der Waals surface area contributed by atoms with Crippen LogP contribution in [0.2, 0.25) is 0 Å². The lowest BCUT2D eigenvalue weighted by Gasteiger charge is -2.17. The molecule has 0 bridgehead atoms. The lowest BCUT2D eigenvalue weighted by Crippen LogP contribution is -2.15. The molecule has 2 atom stereocenters. The highest BCUT2D eigenvalue weighted by molar-refractivity contribution is 5.74. The average molecular weight is 156 g/mol. The minimum atomic E-state index is -0.611. The molecule has 0 amide bonds. The molecule has 0 aromatic rings. The van der Waals surface area contributed by atoms with Crippen molar-refractivity contribution >= 4 is 5.97 Å². The van der Waals surface area contributed by atoms with Gasteiger partial charge in [0.1, 0.15) is 0 Å². The van der Waals surface area contributed by atoms with Crippen molar-refractivity contribution in [3.8, 4) is 0 Å². The Morgan fingerprint density at radius 1 is 1.73 bits per heavy atom. The number of carboxylic acid groups (broad SMARTS) is 1. The highest BCUT2D eigenvalue weighted by Crippen LogP contribution is 2.60. The van der Waals surface area contributed by atoms with E-state index < -0.39 is 5.97 Å². The normalized spacial score (nSPS) is 35.8. The molecule has 1 aliphatic rings. The summed E-state index contributed by atoms with van der Waals surface area (Å²) in [5.74, 6) is -0.165. The van der Waals surface area contributed by atoms with Gasteiger partial charge in [0.15, 0.2) is 0 Å². The van der Waals surface area contributed by atoms with E-state index in [1.54, 1.807) is 0 Å². The summed E-state index contributed by atoms with van der Waals surface area (Å²) in [7, 11) is 0. The summed E-state index contributed by atoms with van der Waals surface area (Å²) >= 11 is 0. The van der Waals surface area contributed by atoms with Gasteiger partial charge in [-0.05, 0) is 24.2 Å². The first-order chi connectivity index (χ1) is 5.04. The van der Waals surface area contributed by atoms with Crippen molar-refractivity contribution in [3.63, 3.8) is 0 Å². The molecule has 1 saturated carbocycles. The van der Waals surface area contributed by atoms with Crippen molar-refractivity contribution in [2.75, 3.05) is 0 Å². The van der Waals surface area contributed by atoms with Crippen LogP contribution in [-0.4, -0.2) is 11.1 Å². The monoisotopic (exact) mass is 156 g/mol. The molecule has 0 radical (unpaired) electrons. The number of hydrogen-bond acceptors (Lipinski definition) is 1. The Balaban J connectivity index is 2.64. The number of hydrogen-bond donors (Lipinski definition) is 1. The van der Waals surface area contributed by atoms with Gasteiger partial charge in [0.25, 0.3) is 0 Å². The van der Waals surface area contributed by atoms with Gasteiger partial charge in [0.2, 0.25) is 0 Å². The van der Waals surface area contributed by atoms with E-state index >= 15 is 0 Å². The van der Waals surface area contributed by atoms with Gasteiger partial charge in [0.05, 0.1) is 5.92 Å². The zero-order chi connectivity index (χ0) is 8.65. The smallest absolute Gasteiger partial charge is 0.307 e. The van der Waals surface area contributed by atoms with Gasteiger partial charge in [0, 0.05) is 0 Å². The average Bonchev–Trinajstić information content (AvgIpc) is 2.62. The Kier molecular flexibility index (Phi) is 1.95. The molecule has 0 aromatic carbocycles. The third kappa shape index (κ3) is 1.15. The van der Waals surface area contributed by atoms with Gasteiger partial charge in [-0.3, -0.25) is 4.79 Å². The molecule has 0 unspecified atom stereocenters. The van der Waals surface area contributed by atoms with Crippen LogP contribution >= 0.6 is 0 Å². The van der Waals surface area contributed by atoms with Gasteiger partial charge < -0.3 is 5.11 Å². The number of rotatable bonds is 3. The molecule has 1 fully saturated rings. The Morgan fingerprint density at radius 2 is 2.27 bits per heavy atom. The Hall–Kier alpha value is -0.530. The third-order valence-corrected chi connectivity index (χ3v) is 3.22. The molecule has 0 saturated heterocycles. The van der Waals surface area contributed by atoms with Crippen LogP contribution in [0.25, 0.3) is 0 Å². The third-order valence-electron chi connectivity index (χ3n) is 3.22. The van der Waals surface area contributed by atoms with E-state index in [1.807, 2.05) is 0 Å². The molecule has 11 heavy (non-hydrogen) atoms. The van der Waals surface area contributed by atoms with Crippen LogP contribution in [0.4, 0.5) is 0 Å². The Morgan fingerprint density at radius 3 is 2.36 bits per heavy atom. The van der Waals surface area contributed by atoms with Crippen molar-refractivity contribution < 1.29 is 9.90 Å². The van der Waals surface area contributed by atoms with Gasteiger partial charge in [-0.2, -0.15) is 0 Å².